The first-order chi connectivity index (χ1) is 14.2. The monoisotopic (exact) mass is 391 g/mol. The zero-order valence-electron chi connectivity index (χ0n) is 17.4. The van der Waals surface area contributed by atoms with Gasteiger partial charge in [0.1, 0.15) is 0 Å². The van der Waals surface area contributed by atoms with E-state index in [1.807, 2.05) is 6.07 Å². The van der Waals surface area contributed by atoms with E-state index in [0.29, 0.717) is 30.2 Å². The molecule has 2 aliphatic rings. The second-order valence-corrected chi connectivity index (χ2v) is 8.60. The molecule has 2 aromatic carbocycles. The highest BCUT2D eigenvalue weighted by molar-refractivity contribution is 5.76. The van der Waals surface area contributed by atoms with Crippen molar-refractivity contribution in [2.24, 2.45) is 5.92 Å². The van der Waals surface area contributed by atoms with Crippen LogP contribution in [-0.2, 0) is 11.2 Å². The van der Waals surface area contributed by atoms with Gasteiger partial charge in [0.15, 0.2) is 0 Å². The number of nitrogens with zero attached hydrogens (tertiary/aromatic N) is 1. The third-order valence-corrected chi connectivity index (χ3v) is 6.63. The average molecular weight is 392 g/mol. The molecule has 4 nitrogen and oxygen atoms in total. The topological polar surface area (TPSA) is 44.4 Å². The van der Waals surface area contributed by atoms with E-state index in [0.717, 1.165) is 38.9 Å². The Balaban J connectivity index is 1.34. The first-order valence-electron chi connectivity index (χ1n) is 11.1. The molecule has 0 spiro atoms. The largest absolute Gasteiger partial charge is 0.342 e. The Morgan fingerprint density at radius 3 is 2.72 bits per heavy atom. The summed E-state index contributed by atoms with van der Waals surface area (Å²) in [4.78, 5) is 15.0. The second kappa shape index (κ2) is 9.55. The molecule has 2 fully saturated rings. The van der Waals surface area contributed by atoms with Gasteiger partial charge in [-0.2, -0.15) is 0 Å². The van der Waals surface area contributed by atoms with E-state index in [1.54, 1.807) is 0 Å². The molecule has 1 amide bonds. The van der Waals surface area contributed by atoms with Gasteiger partial charge in [0.05, 0.1) is 0 Å². The van der Waals surface area contributed by atoms with Gasteiger partial charge in [-0.3, -0.25) is 15.6 Å². The van der Waals surface area contributed by atoms with Crippen molar-refractivity contribution in [3.8, 4) is 0 Å². The van der Waals surface area contributed by atoms with E-state index in [9.17, 15) is 4.79 Å². The first kappa shape index (κ1) is 20.1. The van der Waals surface area contributed by atoms with Gasteiger partial charge < -0.3 is 4.90 Å². The van der Waals surface area contributed by atoms with Gasteiger partial charge in [-0.05, 0) is 55.2 Å². The summed E-state index contributed by atoms with van der Waals surface area (Å²) in [5.41, 5.74) is 11.0. The van der Waals surface area contributed by atoms with Gasteiger partial charge in [-0.1, -0.05) is 54.6 Å². The molecule has 0 bridgehead atoms. The highest BCUT2D eigenvalue weighted by atomic mass is 16.2. The Labute approximate surface area is 174 Å². The normalized spacial score (nSPS) is 24.6. The molecule has 0 saturated carbocycles. The molecule has 0 radical (unpaired) electrons. The molecule has 4 heteroatoms. The third-order valence-electron chi connectivity index (χ3n) is 6.63. The minimum absolute atomic E-state index is 0.323. The summed E-state index contributed by atoms with van der Waals surface area (Å²) in [7, 11) is 0. The molecule has 2 saturated heterocycles. The quantitative estimate of drug-likeness (QED) is 0.787. The van der Waals surface area contributed by atoms with Crippen molar-refractivity contribution >= 4 is 5.91 Å². The molecule has 154 valence electrons. The summed E-state index contributed by atoms with van der Waals surface area (Å²) in [5.74, 6) is 1.29. The predicted molar refractivity (Wildman–Crippen MR) is 118 cm³/mol. The number of carbonyl (C=O) groups is 1. The molecule has 29 heavy (non-hydrogen) atoms. The SMILES string of the molecule is Cc1ccccc1C1CNNC1C1CCCN(C(=O)CCCc2ccccc2)C1. The lowest BCUT2D eigenvalue weighted by Crippen LogP contribution is -2.48. The molecule has 0 aliphatic carbocycles. The maximum absolute atomic E-state index is 12.8. The van der Waals surface area contributed by atoms with Crippen LogP contribution in [0.15, 0.2) is 54.6 Å². The van der Waals surface area contributed by atoms with E-state index in [2.05, 4.69) is 71.2 Å². The first-order valence-corrected chi connectivity index (χ1v) is 11.1. The second-order valence-electron chi connectivity index (χ2n) is 8.60. The van der Waals surface area contributed by atoms with E-state index in [1.165, 1.54) is 23.1 Å². The molecule has 2 aromatic rings. The summed E-state index contributed by atoms with van der Waals surface area (Å²) in [6.07, 6.45) is 4.86. The Kier molecular flexibility index (Phi) is 6.63. The maximum atomic E-state index is 12.8. The number of carbonyl (C=O) groups excluding carboxylic acids is 1. The molecule has 2 heterocycles. The van der Waals surface area contributed by atoms with Gasteiger partial charge in [-0.25, -0.2) is 0 Å². The fourth-order valence-corrected chi connectivity index (χ4v) is 5.04. The molecule has 2 aliphatic heterocycles. The summed E-state index contributed by atoms with van der Waals surface area (Å²) in [6.45, 7) is 4.95. The van der Waals surface area contributed by atoms with E-state index in [-0.39, 0.29) is 0 Å². The third kappa shape index (κ3) is 4.88. The van der Waals surface area contributed by atoms with Crippen molar-refractivity contribution in [2.75, 3.05) is 19.6 Å². The van der Waals surface area contributed by atoms with Crippen LogP contribution >= 0.6 is 0 Å². The number of aryl methyl sites for hydroxylation is 2. The minimum atomic E-state index is 0.323. The van der Waals surface area contributed by atoms with Crippen LogP contribution in [0.3, 0.4) is 0 Å². The average Bonchev–Trinajstić information content (AvgIpc) is 3.24. The van der Waals surface area contributed by atoms with Gasteiger partial charge >= 0.3 is 0 Å². The van der Waals surface area contributed by atoms with Crippen LogP contribution in [0.2, 0.25) is 0 Å². The summed E-state index contributed by atoms with van der Waals surface area (Å²) >= 11 is 0. The number of amides is 1. The lowest BCUT2D eigenvalue weighted by atomic mass is 9.80. The Bertz CT molecular complexity index is 807. The van der Waals surface area contributed by atoms with Gasteiger partial charge in [0, 0.05) is 38.0 Å². The molecule has 3 unspecified atom stereocenters. The van der Waals surface area contributed by atoms with Gasteiger partial charge in [-0.15, -0.1) is 0 Å². The highest BCUT2D eigenvalue weighted by Gasteiger charge is 2.37. The number of hydrazine groups is 1. The molecule has 3 atom stereocenters. The van der Waals surface area contributed by atoms with E-state index < -0.39 is 0 Å². The van der Waals surface area contributed by atoms with Crippen molar-refractivity contribution in [3.05, 3.63) is 71.3 Å². The van der Waals surface area contributed by atoms with Crippen LogP contribution < -0.4 is 10.9 Å². The van der Waals surface area contributed by atoms with Crippen LogP contribution in [-0.4, -0.2) is 36.5 Å². The summed E-state index contributed by atoms with van der Waals surface area (Å²) in [5, 5.41) is 0. The number of piperidine rings is 1. The standard InChI is InChI=1S/C25H33N3O/c1-19-9-5-6-14-22(19)23-17-26-27-25(23)21-13-8-16-28(18-21)24(29)15-7-12-20-10-3-2-4-11-20/h2-6,9-11,14,21,23,25-27H,7-8,12-13,15-18H2,1H3. The van der Waals surface area contributed by atoms with Crippen LogP contribution in [0.25, 0.3) is 0 Å². The maximum Gasteiger partial charge on any atom is 0.222 e. The number of hydrogen-bond donors (Lipinski definition) is 2. The fourth-order valence-electron chi connectivity index (χ4n) is 5.04. The molecule has 2 N–H and O–H groups in total. The molecular weight excluding hydrogens is 358 g/mol. The van der Waals surface area contributed by atoms with Crippen LogP contribution in [0.5, 0.6) is 0 Å². The molecular formula is C25H33N3O. The Hall–Kier alpha value is -2.17. The predicted octanol–water partition coefficient (Wildman–Crippen LogP) is 3.82. The van der Waals surface area contributed by atoms with Crippen LogP contribution in [0.1, 0.15) is 48.3 Å². The zero-order chi connectivity index (χ0) is 20.1. The smallest absolute Gasteiger partial charge is 0.222 e. The van der Waals surface area contributed by atoms with Crippen LogP contribution in [0.4, 0.5) is 0 Å². The van der Waals surface area contributed by atoms with Crippen LogP contribution in [0, 0.1) is 12.8 Å². The Morgan fingerprint density at radius 1 is 1.10 bits per heavy atom. The van der Waals surface area contributed by atoms with Crippen molar-refractivity contribution in [2.45, 2.75) is 51.0 Å². The number of hydrogen-bond acceptors (Lipinski definition) is 3. The lowest BCUT2D eigenvalue weighted by Gasteiger charge is -2.37. The van der Waals surface area contributed by atoms with Gasteiger partial charge in [0.2, 0.25) is 5.91 Å². The van der Waals surface area contributed by atoms with Crippen molar-refractivity contribution in [3.63, 3.8) is 0 Å². The van der Waals surface area contributed by atoms with E-state index in [4.69, 9.17) is 0 Å². The Morgan fingerprint density at radius 2 is 1.90 bits per heavy atom. The van der Waals surface area contributed by atoms with Crippen molar-refractivity contribution in [1.29, 1.82) is 0 Å². The zero-order valence-corrected chi connectivity index (χ0v) is 17.4. The fraction of sp³-hybridized carbons (Fsp3) is 0.480. The number of rotatable bonds is 6. The van der Waals surface area contributed by atoms with Crippen molar-refractivity contribution < 1.29 is 4.79 Å². The highest BCUT2D eigenvalue weighted by Crippen LogP contribution is 2.33. The molecule has 0 aromatic heterocycles. The summed E-state index contributed by atoms with van der Waals surface area (Å²) in [6, 6.07) is 19.6. The number of benzene rings is 2. The number of likely N-dealkylation sites (tertiary alicyclic amines) is 1. The van der Waals surface area contributed by atoms with E-state index >= 15 is 0 Å². The van der Waals surface area contributed by atoms with Gasteiger partial charge in [0.25, 0.3) is 0 Å². The minimum Gasteiger partial charge on any atom is -0.342 e. The molecule has 4 rings (SSSR count). The number of nitrogens with one attached hydrogen (secondary N) is 2. The van der Waals surface area contributed by atoms with Crippen molar-refractivity contribution in [1.82, 2.24) is 15.8 Å². The summed E-state index contributed by atoms with van der Waals surface area (Å²) < 4.78 is 0. The lowest BCUT2D eigenvalue weighted by molar-refractivity contribution is -0.133.